The van der Waals surface area contributed by atoms with Gasteiger partial charge in [0.05, 0.1) is 29.5 Å². The summed E-state index contributed by atoms with van der Waals surface area (Å²) in [7, 11) is -1.08. The summed E-state index contributed by atoms with van der Waals surface area (Å²) < 4.78 is 25.1. The third kappa shape index (κ3) is 5.15. The van der Waals surface area contributed by atoms with Crippen LogP contribution in [0, 0.1) is 6.92 Å². The van der Waals surface area contributed by atoms with Gasteiger partial charge in [-0.1, -0.05) is 0 Å². The lowest BCUT2D eigenvalue weighted by Gasteiger charge is -2.21. The molecule has 0 radical (unpaired) electrons. The Hall–Kier alpha value is -1.19. The standard InChI is InChI=1S/C14H25N5O2S2/c1-4-15-14(18(3)10-13-11-22-12(2)17-13)16-6-8-19-7-5-9-23(19,20)21/h11H,4-10H2,1-3H3,(H,15,16). The normalized spacial score (nSPS) is 18.3. The summed E-state index contributed by atoms with van der Waals surface area (Å²) in [5.74, 6) is 1.04. The highest BCUT2D eigenvalue weighted by atomic mass is 32.2. The van der Waals surface area contributed by atoms with Gasteiger partial charge in [0.1, 0.15) is 0 Å². The summed E-state index contributed by atoms with van der Waals surface area (Å²) >= 11 is 1.63. The Labute approximate surface area is 142 Å². The Morgan fingerprint density at radius 1 is 1.57 bits per heavy atom. The zero-order chi connectivity index (χ0) is 16.9. The lowest BCUT2D eigenvalue weighted by Crippen LogP contribution is -2.39. The molecule has 1 aliphatic rings. The molecule has 1 aromatic heterocycles. The lowest BCUT2D eigenvalue weighted by molar-refractivity contribution is 0.444. The second-order valence-electron chi connectivity index (χ2n) is 5.52. The number of aliphatic imine (C=N–C) groups is 1. The van der Waals surface area contributed by atoms with Crippen molar-refractivity contribution < 1.29 is 8.42 Å². The van der Waals surface area contributed by atoms with Crippen molar-refractivity contribution in [1.82, 2.24) is 19.5 Å². The summed E-state index contributed by atoms with van der Waals surface area (Å²) in [6.07, 6.45) is 0.717. The van der Waals surface area contributed by atoms with Crippen molar-refractivity contribution in [2.75, 3.05) is 39.0 Å². The fourth-order valence-corrected chi connectivity index (χ4v) is 4.60. The first-order chi connectivity index (χ1) is 10.9. The molecule has 0 unspecified atom stereocenters. The van der Waals surface area contributed by atoms with E-state index >= 15 is 0 Å². The Balaban J connectivity index is 1.93. The maximum atomic E-state index is 11.8. The van der Waals surface area contributed by atoms with Gasteiger partial charge in [-0.15, -0.1) is 11.3 Å². The highest BCUT2D eigenvalue weighted by Gasteiger charge is 2.27. The molecular formula is C14H25N5O2S2. The van der Waals surface area contributed by atoms with Crippen LogP contribution in [0.5, 0.6) is 0 Å². The maximum absolute atomic E-state index is 11.8. The van der Waals surface area contributed by atoms with Crippen molar-refractivity contribution >= 4 is 27.3 Å². The largest absolute Gasteiger partial charge is 0.357 e. The minimum absolute atomic E-state index is 0.264. The average molecular weight is 360 g/mol. The molecule has 0 aromatic carbocycles. The summed E-state index contributed by atoms with van der Waals surface area (Å²) in [5.41, 5.74) is 1.02. The lowest BCUT2D eigenvalue weighted by atomic mass is 10.4. The number of thiazole rings is 1. The van der Waals surface area contributed by atoms with Crippen LogP contribution in [0.3, 0.4) is 0 Å². The minimum Gasteiger partial charge on any atom is -0.357 e. The molecule has 2 heterocycles. The number of sulfonamides is 1. The van der Waals surface area contributed by atoms with Crippen molar-refractivity contribution in [3.63, 3.8) is 0 Å². The van der Waals surface area contributed by atoms with E-state index < -0.39 is 10.0 Å². The van der Waals surface area contributed by atoms with E-state index in [4.69, 9.17) is 0 Å². The van der Waals surface area contributed by atoms with Crippen LogP contribution in [-0.4, -0.2) is 67.5 Å². The Morgan fingerprint density at radius 2 is 2.35 bits per heavy atom. The second-order valence-corrected chi connectivity index (χ2v) is 8.67. The van der Waals surface area contributed by atoms with Crippen LogP contribution in [0.4, 0.5) is 0 Å². The van der Waals surface area contributed by atoms with Gasteiger partial charge in [-0.05, 0) is 20.3 Å². The fourth-order valence-electron chi connectivity index (χ4n) is 2.48. The number of guanidine groups is 1. The van der Waals surface area contributed by atoms with E-state index in [1.54, 1.807) is 11.3 Å². The first kappa shape index (κ1) is 18.2. The van der Waals surface area contributed by atoms with Gasteiger partial charge in [-0.3, -0.25) is 4.99 Å². The smallest absolute Gasteiger partial charge is 0.214 e. The van der Waals surface area contributed by atoms with E-state index in [9.17, 15) is 8.42 Å². The molecule has 0 bridgehead atoms. The maximum Gasteiger partial charge on any atom is 0.214 e. The van der Waals surface area contributed by atoms with Crippen molar-refractivity contribution in [3.8, 4) is 0 Å². The zero-order valence-corrected chi connectivity index (χ0v) is 15.6. The van der Waals surface area contributed by atoms with E-state index in [0.29, 0.717) is 26.2 Å². The molecule has 9 heteroatoms. The highest BCUT2D eigenvalue weighted by Crippen LogP contribution is 2.12. The van der Waals surface area contributed by atoms with Gasteiger partial charge in [0, 0.05) is 32.1 Å². The number of aryl methyl sites for hydroxylation is 1. The summed E-state index contributed by atoms with van der Waals surface area (Å²) in [5, 5.41) is 6.34. The third-order valence-corrected chi connectivity index (χ3v) is 6.36. The van der Waals surface area contributed by atoms with E-state index in [1.165, 1.54) is 4.31 Å². The number of nitrogens with zero attached hydrogens (tertiary/aromatic N) is 4. The van der Waals surface area contributed by atoms with Crippen LogP contribution >= 0.6 is 11.3 Å². The van der Waals surface area contributed by atoms with Crippen LogP contribution in [0.15, 0.2) is 10.4 Å². The molecule has 1 saturated heterocycles. The van der Waals surface area contributed by atoms with E-state index in [2.05, 4.69) is 15.3 Å². The first-order valence-electron chi connectivity index (χ1n) is 7.80. The molecule has 0 spiro atoms. The quantitative estimate of drug-likeness (QED) is 0.603. The molecule has 0 saturated carbocycles. The SMILES string of the molecule is CCNC(=NCCN1CCCS1(=O)=O)N(C)Cc1csc(C)n1. The first-order valence-corrected chi connectivity index (χ1v) is 10.3. The summed E-state index contributed by atoms with van der Waals surface area (Å²) in [6, 6.07) is 0. The Bertz CT molecular complexity index is 641. The van der Waals surface area contributed by atoms with Gasteiger partial charge < -0.3 is 10.2 Å². The summed E-state index contributed by atoms with van der Waals surface area (Å²) in [6.45, 7) is 6.97. The highest BCUT2D eigenvalue weighted by molar-refractivity contribution is 7.89. The molecule has 0 amide bonds. The van der Waals surface area contributed by atoms with E-state index in [0.717, 1.165) is 29.6 Å². The molecule has 23 heavy (non-hydrogen) atoms. The number of hydrogen-bond acceptors (Lipinski definition) is 5. The molecule has 1 aromatic rings. The Morgan fingerprint density at radius 3 is 2.91 bits per heavy atom. The molecule has 7 nitrogen and oxygen atoms in total. The number of rotatable bonds is 6. The van der Waals surface area contributed by atoms with Gasteiger partial charge in [-0.2, -0.15) is 0 Å². The third-order valence-electron chi connectivity index (χ3n) is 3.58. The van der Waals surface area contributed by atoms with Crippen LogP contribution in [0.2, 0.25) is 0 Å². The molecule has 0 atom stereocenters. The van der Waals surface area contributed by atoms with Crippen LogP contribution in [-0.2, 0) is 16.6 Å². The monoisotopic (exact) mass is 359 g/mol. The van der Waals surface area contributed by atoms with Crippen molar-refractivity contribution in [1.29, 1.82) is 0 Å². The Kier molecular flexibility index (Phi) is 6.37. The van der Waals surface area contributed by atoms with Crippen LogP contribution in [0.25, 0.3) is 0 Å². The van der Waals surface area contributed by atoms with Crippen molar-refractivity contribution in [2.45, 2.75) is 26.8 Å². The molecular weight excluding hydrogens is 334 g/mol. The predicted molar refractivity (Wildman–Crippen MR) is 94.3 cm³/mol. The molecule has 1 aliphatic heterocycles. The summed E-state index contributed by atoms with van der Waals surface area (Å²) in [4.78, 5) is 11.0. The van der Waals surface area contributed by atoms with Gasteiger partial charge in [-0.25, -0.2) is 17.7 Å². The molecule has 2 rings (SSSR count). The molecule has 1 N–H and O–H groups in total. The van der Waals surface area contributed by atoms with Crippen LogP contribution < -0.4 is 5.32 Å². The van der Waals surface area contributed by atoms with Gasteiger partial charge >= 0.3 is 0 Å². The predicted octanol–water partition coefficient (Wildman–Crippen LogP) is 0.884. The van der Waals surface area contributed by atoms with Crippen LogP contribution in [0.1, 0.15) is 24.0 Å². The molecule has 1 fully saturated rings. The minimum atomic E-state index is -3.04. The van der Waals surface area contributed by atoms with Crippen molar-refractivity contribution in [3.05, 3.63) is 16.1 Å². The van der Waals surface area contributed by atoms with Gasteiger partial charge in [0.2, 0.25) is 10.0 Å². The average Bonchev–Trinajstić information content (AvgIpc) is 3.03. The van der Waals surface area contributed by atoms with Crippen molar-refractivity contribution in [2.24, 2.45) is 4.99 Å². The van der Waals surface area contributed by atoms with Gasteiger partial charge in [0.15, 0.2) is 5.96 Å². The topological polar surface area (TPSA) is 77.9 Å². The van der Waals surface area contributed by atoms with E-state index in [-0.39, 0.29) is 5.75 Å². The molecule has 0 aliphatic carbocycles. The number of aromatic nitrogens is 1. The zero-order valence-electron chi connectivity index (χ0n) is 13.9. The number of nitrogens with one attached hydrogen (secondary N) is 1. The fraction of sp³-hybridized carbons (Fsp3) is 0.714. The van der Waals surface area contributed by atoms with E-state index in [1.807, 2.05) is 31.2 Å². The molecule has 130 valence electrons. The van der Waals surface area contributed by atoms with Gasteiger partial charge in [0.25, 0.3) is 0 Å². The second kappa shape index (κ2) is 8.07. The number of hydrogen-bond donors (Lipinski definition) is 1.